The first-order chi connectivity index (χ1) is 9.98. The number of methoxy groups -OCH3 is 1. The number of nitrogens with zero attached hydrogens (tertiary/aromatic N) is 1. The topological polar surface area (TPSA) is 67.6 Å². The van der Waals surface area contributed by atoms with Crippen LogP contribution in [0.5, 0.6) is 5.75 Å². The number of anilines is 1. The Morgan fingerprint density at radius 3 is 2.38 bits per heavy atom. The van der Waals surface area contributed by atoms with Crippen LogP contribution in [0.4, 0.5) is 5.69 Å². The van der Waals surface area contributed by atoms with Gasteiger partial charge >= 0.3 is 0 Å². The van der Waals surface area contributed by atoms with E-state index in [9.17, 15) is 4.79 Å². The van der Waals surface area contributed by atoms with E-state index in [1.165, 1.54) is 0 Å². The summed E-state index contributed by atoms with van der Waals surface area (Å²) in [5.74, 6) is 0.736. The maximum atomic E-state index is 12.2. The van der Waals surface area contributed by atoms with Gasteiger partial charge in [0.1, 0.15) is 5.75 Å². The van der Waals surface area contributed by atoms with Gasteiger partial charge < -0.3 is 15.8 Å². The molecule has 118 valence electrons. The van der Waals surface area contributed by atoms with Crippen molar-refractivity contribution in [3.63, 3.8) is 0 Å². The van der Waals surface area contributed by atoms with E-state index >= 15 is 0 Å². The van der Waals surface area contributed by atoms with Gasteiger partial charge in [-0.15, -0.1) is 0 Å². The number of hydrogen-bond donors (Lipinski definition) is 2. The smallest absolute Gasteiger partial charge is 0.238 e. The van der Waals surface area contributed by atoms with E-state index < -0.39 is 0 Å². The van der Waals surface area contributed by atoms with Crippen molar-refractivity contribution in [2.45, 2.75) is 32.7 Å². The summed E-state index contributed by atoms with van der Waals surface area (Å²) < 4.78 is 5.10. The van der Waals surface area contributed by atoms with Gasteiger partial charge in [-0.05, 0) is 44.2 Å². The number of carbonyl (C=O) groups is 1. The zero-order chi connectivity index (χ0) is 15.9. The summed E-state index contributed by atoms with van der Waals surface area (Å²) in [5, 5.41) is 2.90. The van der Waals surface area contributed by atoms with E-state index in [4.69, 9.17) is 10.5 Å². The quantitative estimate of drug-likeness (QED) is 0.770. The molecule has 1 aromatic rings. The highest BCUT2D eigenvalue weighted by atomic mass is 16.5. The van der Waals surface area contributed by atoms with E-state index in [0.717, 1.165) is 24.4 Å². The lowest BCUT2D eigenvalue weighted by atomic mass is 9.96. The summed E-state index contributed by atoms with van der Waals surface area (Å²) in [6.45, 7) is 7.90. The minimum Gasteiger partial charge on any atom is -0.497 e. The van der Waals surface area contributed by atoms with Gasteiger partial charge in [-0.2, -0.15) is 0 Å². The third-order valence-corrected chi connectivity index (χ3v) is 4.05. The molecule has 0 aliphatic heterocycles. The molecule has 0 radical (unpaired) electrons. The Bertz CT molecular complexity index is 441. The molecule has 0 fully saturated rings. The van der Waals surface area contributed by atoms with Crippen molar-refractivity contribution in [2.24, 2.45) is 5.73 Å². The Balaban J connectivity index is 2.66. The highest BCUT2D eigenvalue weighted by Crippen LogP contribution is 2.18. The Kier molecular flexibility index (Phi) is 6.65. The first-order valence-electron chi connectivity index (χ1n) is 7.38. The van der Waals surface area contributed by atoms with Gasteiger partial charge in [0.15, 0.2) is 0 Å². The van der Waals surface area contributed by atoms with E-state index in [1.807, 2.05) is 31.2 Å². The first-order valence-corrected chi connectivity index (χ1v) is 7.38. The molecule has 5 heteroatoms. The first kappa shape index (κ1) is 17.5. The molecular formula is C16H27N3O2. The Hall–Kier alpha value is -1.59. The second-order valence-electron chi connectivity index (χ2n) is 5.35. The Labute approximate surface area is 127 Å². The van der Waals surface area contributed by atoms with Gasteiger partial charge in [-0.3, -0.25) is 9.69 Å². The summed E-state index contributed by atoms with van der Waals surface area (Å²) in [4.78, 5) is 14.3. The van der Waals surface area contributed by atoms with Crippen molar-refractivity contribution in [3.05, 3.63) is 24.3 Å². The molecule has 0 aromatic heterocycles. The average molecular weight is 293 g/mol. The molecule has 1 unspecified atom stereocenters. The van der Waals surface area contributed by atoms with Crippen molar-refractivity contribution in [2.75, 3.05) is 32.1 Å². The van der Waals surface area contributed by atoms with Crippen LogP contribution in [0.1, 0.15) is 27.2 Å². The van der Waals surface area contributed by atoms with Crippen LogP contribution in [-0.4, -0.2) is 43.1 Å². The normalized spacial score (nSPS) is 13.8. The lowest BCUT2D eigenvalue weighted by Gasteiger charge is -2.39. The average Bonchev–Trinajstić information content (AvgIpc) is 2.52. The van der Waals surface area contributed by atoms with Crippen molar-refractivity contribution in [1.29, 1.82) is 0 Å². The van der Waals surface area contributed by atoms with Crippen molar-refractivity contribution >= 4 is 11.6 Å². The number of amides is 1. The number of nitrogens with one attached hydrogen (secondary N) is 1. The summed E-state index contributed by atoms with van der Waals surface area (Å²) in [6, 6.07) is 7.30. The molecule has 0 saturated heterocycles. The van der Waals surface area contributed by atoms with Gasteiger partial charge in [0.05, 0.1) is 13.7 Å². The SMILES string of the molecule is CCN(CC(=O)Nc1ccc(OC)cc1)C(C)(CC)CN. The summed E-state index contributed by atoms with van der Waals surface area (Å²) in [5.41, 5.74) is 6.49. The van der Waals surface area contributed by atoms with Crippen LogP contribution in [-0.2, 0) is 4.79 Å². The third kappa shape index (κ3) is 4.72. The molecular weight excluding hydrogens is 266 g/mol. The fraction of sp³-hybridized carbons (Fsp3) is 0.562. The standard InChI is InChI=1S/C16H27N3O2/c1-5-16(3,12-17)19(6-2)11-15(20)18-13-7-9-14(21-4)10-8-13/h7-10H,5-6,11-12,17H2,1-4H3,(H,18,20). The van der Waals surface area contributed by atoms with Gasteiger partial charge in [0.25, 0.3) is 0 Å². The lowest BCUT2D eigenvalue weighted by Crippen LogP contribution is -2.53. The van der Waals surface area contributed by atoms with Gasteiger partial charge in [-0.1, -0.05) is 13.8 Å². The summed E-state index contributed by atoms with van der Waals surface area (Å²) in [6.07, 6.45) is 0.910. The third-order valence-electron chi connectivity index (χ3n) is 4.05. The largest absolute Gasteiger partial charge is 0.497 e. The maximum absolute atomic E-state index is 12.2. The zero-order valence-corrected chi connectivity index (χ0v) is 13.5. The summed E-state index contributed by atoms with van der Waals surface area (Å²) >= 11 is 0. The van der Waals surface area contributed by atoms with E-state index in [0.29, 0.717) is 13.1 Å². The molecule has 1 atom stereocenters. The molecule has 0 bridgehead atoms. The molecule has 1 amide bonds. The van der Waals surface area contributed by atoms with Crippen LogP contribution in [0, 0.1) is 0 Å². The molecule has 5 nitrogen and oxygen atoms in total. The van der Waals surface area contributed by atoms with Crippen molar-refractivity contribution in [3.8, 4) is 5.75 Å². The second-order valence-corrected chi connectivity index (χ2v) is 5.35. The van der Waals surface area contributed by atoms with Crippen LogP contribution in [0.15, 0.2) is 24.3 Å². The number of benzene rings is 1. The fourth-order valence-electron chi connectivity index (χ4n) is 2.23. The van der Waals surface area contributed by atoms with Gasteiger partial charge in [-0.25, -0.2) is 0 Å². The minimum absolute atomic E-state index is 0.0323. The van der Waals surface area contributed by atoms with E-state index in [2.05, 4.69) is 24.1 Å². The Morgan fingerprint density at radius 2 is 1.95 bits per heavy atom. The van der Waals surface area contributed by atoms with Crippen LogP contribution in [0.2, 0.25) is 0 Å². The number of ether oxygens (including phenoxy) is 1. The van der Waals surface area contributed by atoms with Crippen LogP contribution < -0.4 is 15.8 Å². The predicted molar refractivity (Wildman–Crippen MR) is 86.6 cm³/mol. The van der Waals surface area contributed by atoms with Crippen molar-refractivity contribution < 1.29 is 9.53 Å². The number of nitrogens with two attached hydrogens (primary N) is 1. The molecule has 0 heterocycles. The van der Waals surface area contributed by atoms with Gasteiger partial charge in [0, 0.05) is 17.8 Å². The predicted octanol–water partition coefficient (Wildman–Crippen LogP) is 2.08. The Morgan fingerprint density at radius 1 is 1.33 bits per heavy atom. The molecule has 1 aromatic carbocycles. The van der Waals surface area contributed by atoms with Gasteiger partial charge in [0.2, 0.25) is 5.91 Å². The molecule has 0 saturated carbocycles. The van der Waals surface area contributed by atoms with E-state index in [-0.39, 0.29) is 11.4 Å². The van der Waals surface area contributed by atoms with Crippen LogP contribution >= 0.6 is 0 Å². The van der Waals surface area contributed by atoms with Crippen LogP contribution in [0.25, 0.3) is 0 Å². The summed E-state index contributed by atoms with van der Waals surface area (Å²) in [7, 11) is 1.62. The number of hydrogen-bond acceptors (Lipinski definition) is 4. The number of carbonyl (C=O) groups excluding carboxylic acids is 1. The lowest BCUT2D eigenvalue weighted by molar-refractivity contribution is -0.118. The molecule has 0 spiro atoms. The maximum Gasteiger partial charge on any atom is 0.238 e. The molecule has 3 N–H and O–H groups in total. The highest BCUT2D eigenvalue weighted by molar-refractivity contribution is 5.92. The zero-order valence-electron chi connectivity index (χ0n) is 13.5. The number of rotatable bonds is 8. The minimum atomic E-state index is -0.147. The number of likely N-dealkylation sites (N-methyl/N-ethyl adjacent to an activating group) is 1. The molecule has 0 aliphatic rings. The fourth-order valence-corrected chi connectivity index (χ4v) is 2.23. The monoisotopic (exact) mass is 293 g/mol. The highest BCUT2D eigenvalue weighted by Gasteiger charge is 2.28. The molecule has 1 rings (SSSR count). The van der Waals surface area contributed by atoms with E-state index in [1.54, 1.807) is 7.11 Å². The van der Waals surface area contributed by atoms with Crippen LogP contribution in [0.3, 0.4) is 0 Å². The van der Waals surface area contributed by atoms with Crippen molar-refractivity contribution in [1.82, 2.24) is 4.90 Å². The molecule has 21 heavy (non-hydrogen) atoms. The second kappa shape index (κ2) is 8.00. The molecule has 0 aliphatic carbocycles.